The van der Waals surface area contributed by atoms with Crippen molar-refractivity contribution in [1.29, 1.82) is 0 Å². The molecule has 0 saturated carbocycles. The van der Waals surface area contributed by atoms with Gasteiger partial charge in [-0.15, -0.1) is 0 Å². The molecule has 0 saturated heterocycles. The Morgan fingerprint density at radius 2 is 1.84 bits per heavy atom. The molecule has 1 aromatic carbocycles. The Balaban J connectivity index is 2.98. The number of benzene rings is 1. The molecule has 0 aliphatic carbocycles. The quantitative estimate of drug-likeness (QED) is 0.625. The summed E-state index contributed by atoms with van der Waals surface area (Å²) in [5, 5.41) is 11.1. The van der Waals surface area contributed by atoms with Gasteiger partial charge in [-0.05, 0) is 0 Å². The highest BCUT2D eigenvalue weighted by molar-refractivity contribution is 6.42. The van der Waals surface area contributed by atoms with Gasteiger partial charge < -0.3 is 4.74 Å². The van der Waals surface area contributed by atoms with Gasteiger partial charge in [-0.2, -0.15) is 0 Å². The molecule has 0 bridgehead atoms. The minimum atomic E-state index is -0.640. The van der Waals surface area contributed by atoms with Crippen LogP contribution in [0.25, 0.3) is 0 Å². The predicted molar refractivity (Wildman–Crippen MR) is 73.1 cm³/mol. The van der Waals surface area contributed by atoms with Crippen LogP contribution >= 0.6 is 23.2 Å². The van der Waals surface area contributed by atoms with Crippen molar-refractivity contribution in [3.05, 3.63) is 32.3 Å². The van der Waals surface area contributed by atoms with Gasteiger partial charge in [-0.3, -0.25) is 14.9 Å². The molecule has 104 valence electrons. The van der Waals surface area contributed by atoms with E-state index in [1.165, 1.54) is 6.07 Å². The molecule has 1 aromatic rings. The molecule has 0 aliphatic heterocycles. The van der Waals surface area contributed by atoms with Gasteiger partial charge in [0.2, 0.25) is 0 Å². The predicted octanol–water partition coefficient (Wildman–Crippen LogP) is 3.90. The standard InChI is InChI=1S/C12H13Cl2NO4/c1-12(2,3)11(16)6-19-10-5-8(14)7(13)4-9(10)15(17)18/h4-5H,6H2,1-3H3. The van der Waals surface area contributed by atoms with Gasteiger partial charge in [-0.1, -0.05) is 44.0 Å². The highest BCUT2D eigenvalue weighted by atomic mass is 35.5. The first-order valence-electron chi connectivity index (χ1n) is 5.42. The largest absolute Gasteiger partial charge is 0.479 e. The topological polar surface area (TPSA) is 69.4 Å². The number of carbonyl (C=O) groups is 1. The summed E-state index contributed by atoms with van der Waals surface area (Å²) >= 11 is 11.5. The van der Waals surface area contributed by atoms with Gasteiger partial charge >= 0.3 is 5.69 Å². The summed E-state index contributed by atoms with van der Waals surface area (Å²) in [4.78, 5) is 21.9. The Hall–Kier alpha value is -1.33. The van der Waals surface area contributed by atoms with Crippen molar-refractivity contribution in [2.75, 3.05) is 6.61 Å². The van der Waals surface area contributed by atoms with E-state index in [1.54, 1.807) is 20.8 Å². The number of carbonyl (C=O) groups excluding carboxylic acids is 1. The number of halogens is 2. The Morgan fingerprint density at radius 3 is 2.32 bits per heavy atom. The first-order chi connectivity index (χ1) is 8.62. The summed E-state index contributed by atoms with van der Waals surface area (Å²) in [5.74, 6) is -0.245. The van der Waals surface area contributed by atoms with E-state index in [9.17, 15) is 14.9 Å². The van der Waals surface area contributed by atoms with Crippen LogP contribution in [0.2, 0.25) is 10.0 Å². The maximum absolute atomic E-state index is 11.7. The van der Waals surface area contributed by atoms with Crippen molar-refractivity contribution in [2.45, 2.75) is 20.8 Å². The molecule has 19 heavy (non-hydrogen) atoms. The van der Waals surface area contributed by atoms with Crippen LogP contribution in [0.1, 0.15) is 20.8 Å². The van der Waals surface area contributed by atoms with Crippen LogP contribution in [0.15, 0.2) is 12.1 Å². The second-order valence-electron chi connectivity index (χ2n) is 4.95. The summed E-state index contributed by atoms with van der Waals surface area (Å²) < 4.78 is 5.19. The fourth-order valence-corrected chi connectivity index (χ4v) is 1.45. The van der Waals surface area contributed by atoms with Crippen LogP contribution in [0.4, 0.5) is 5.69 Å². The van der Waals surface area contributed by atoms with Crippen LogP contribution in [0, 0.1) is 15.5 Å². The molecule has 7 heteroatoms. The Bertz CT molecular complexity index is 523. The number of nitrogens with zero attached hydrogens (tertiary/aromatic N) is 1. The Morgan fingerprint density at radius 1 is 1.32 bits per heavy atom. The Labute approximate surface area is 120 Å². The zero-order chi connectivity index (χ0) is 14.8. The normalized spacial score (nSPS) is 11.2. The minimum Gasteiger partial charge on any atom is -0.479 e. The van der Waals surface area contributed by atoms with Gasteiger partial charge in [-0.25, -0.2) is 0 Å². The molecular formula is C12H13Cl2NO4. The third-order valence-corrected chi connectivity index (χ3v) is 3.12. The molecule has 0 unspecified atom stereocenters. The molecule has 0 amide bonds. The summed E-state index contributed by atoms with van der Waals surface area (Å²) in [6.07, 6.45) is 0. The second-order valence-corrected chi connectivity index (χ2v) is 5.77. The first kappa shape index (κ1) is 15.7. The third kappa shape index (κ3) is 4.08. The third-order valence-electron chi connectivity index (χ3n) is 2.39. The number of Topliss-reactive ketones (excluding diaryl/α,β-unsaturated/α-hetero) is 1. The molecule has 0 heterocycles. The smallest absolute Gasteiger partial charge is 0.312 e. The lowest BCUT2D eigenvalue weighted by molar-refractivity contribution is -0.385. The molecule has 0 radical (unpaired) electrons. The molecule has 1 rings (SSSR count). The number of ketones is 1. The van der Waals surface area contributed by atoms with Crippen LogP contribution < -0.4 is 4.74 Å². The van der Waals surface area contributed by atoms with E-state index in [1.807, 2.05) is 0 Å². The molecule has 5 nitrogen and oxygen atoms in total. The highest BCUT2D eigenvalue weighted by Gasteiger charge is 2.24. The molecule has 0 fully saturated rings. The number of nitro groups is 1. The number of hydrogen-bond donors (Lipinski definition) is 0. The summed E-state index contributed by atoms with van der Waals surface area (Å²) in [6, 6.07) is 2.33. The maximum Gasteiger partial charge on any atom is 0.312 e. The van der Waals surface area contributed by atoms with E-state index in [2.05, 4.69) is 0 Å². The monoisotopic (exact) mass is 305 g/mol. The molecule has 0 aromatic heterocycles. The number of hydrogen-bond acceptors (Lipinski definition) is 4. The second kappa shape index (κ2) is 5.75. The fraction of sp³-hybridized carbons (Fsp3) is 0.417. The van der Waals surface area contributed by atoms with E-state index in [-0.39, 0.29) is 33.9 Å². The molecular weight excluding hydrogens is 293 g/mol. The number of nitro benzene ring substituents is 1. The van der Waals surface area contributed by atoms with Crippen molar-refractivity contribution in [2.24, 2.45) is 5.41 Å². The minimum absolute atomic E-state index is 0.0582. The lowest BCUT2D eigenvalue weighted by Gasteiger charge is -2.16. The SMILES string of the molecule is CC(C)(C)C(=O)COc1cc(Cl)c(Cl)cc1[N+](=O)[O-]. The van der Waals surface area contributed by atoms with Gasteiger partial charge in [0.1, 0.15) is 6.61 Å². The zero-order valence-electron chi connectivity index (χ0n) is 10.7. The lowest BCUT2D eigenvalue weighted by atomic mass is 9.91. The fourth-order valence-electron chi connectivity index (χ4n) is 1.14. The van der Waals surface area contributed by atoms with Crippen LogP contribution in [0.3, 0.4) is 0 Å². The first-order valence-corrected chi connectivity index (χ1v) is 6.18. The van der Waals surface area contributed by atoms with Crippen LogP contribution in [0.5, 0.6) is 5.75 Å². The molecule has 0 atom stereocenters. The van der Waals surface area contributed by atoms with Crippen molar-refractivity contribution in [1.82, 2.24) is 0 Å². The van der Waals surface area contributed by atoms with E-state index in [0.717, 1.165) is 6.07 Å². The molecule has 0 N–H and O–H groups in total. The van der Waals surface area contributed by atoms with Crippen LogP contribution in [-0.4, -0.2) is 17.3 Å². The van der Waals surface area contributed by atoms with E-state index in [4.69, 9.17) is 27.9 Å². The average molecular weight is 306 g/mol. The maximum atomic E-state index is 11.7. The van der Waals surface area contributed by atoms with Gasteiger partial charge in [0.05, 0.1) is 15.0 Å². The average Bonchev–Trinajstić information content (AvgIpc) is 2.28. The summed E-state index contributed by atoms with van der Waals surface area (Å²) in [5.41, 5.74) is -0.901. The summed E-state index contributed by atoms with van der Waals surface area (Å²) in [7, 11) is 0. The van der Waals surface area contributed by atoms with Gasteiger partial charge in [0.25, 0.3) is 0 Å². The molecule has 0 aliphatic rings. The van der Waals surface area contributed by atoms with Crippen molar-refractivity contribution >= 4 is 34.7 Å². The molecule has 0 spiro atoms. The number of rotatable bonds is 4. The zero-order valence-corrected chi connectivity index (χ0v) is 12.2. The van der Waals surface area contributed by atoms with E-state index >= 15 is 0 Å². The van der Waals surface area contributed by atoms with Crippen molar-refractivity contribution < 1.29 is 14.5 Å². The van der Waals surface area contributed by atoms with Gasteiger partial charge in [0.15, 0.2) is 11.5 Å². The van der Waals surface area contributed by atoms with Crippen molar-refractivity contribution in [3.8, 4) is 5.75 Å². The van der Waals surface area contributed by atoms with Crippen LogP contribution in [-0.2, 0) is 4.79 Å². The van der Waals surface area contributed by atoms with Crippen molar-refractivity contribution in [3.63, 3.8) is 0 Å². The number of ether oxygens (including phenoxy) is 1. The van der Waals surface area contributed by atoms with Gasteiger partial charge in [0, 0.05) is 17.5 Å². The summed E-state index contributed by atoms with van der Waals surface area (Å²) in [6.45, 7) is 4.95. The van der Waals surface area contributed by atoms with E-state index in [0.29, 0.717) is 0 Å². The Kier molecular flexibility index (Phi) is 4.76. The van der Waals surface area contributed by atoms with E-state index < -0.39 is 10.3 Å². The lowest BCUT2D eigenvalue weighted by Crippen LogP contribution is -2.26. The highest BCUT2D eigenvalue weighted by Crippen LogP contribution is 2.35.